The zero-order chi connectivity index (χ0) is 38.3. The molecule has 0 fully saturated rings. The predicted octanol–water partition coefficient (Wildman–Crippen LogP) is 4.89. The standard InChI is InChI=1S/C36H38N4O12/c1-19-27(33(41)49-5)31(23-9-13-25(14-10-23)39(45)46)29(21(3)37-19)35(43)51-17-7-8-18-52-36(44)30-22(4)38-20(2)28(34(42)50-6)32(30)24-11-15-26(16-12-24)40(47)48/h9-16,31-32,37-38H,7-8,17-18H2,1-6H3. The molecule has 2 aromatic rings. The van der Waals surface area contributed by atoms with Crippen LogP contribution in [0.25, 0.3) is 0 Å². The summed E-state index contributed by atoms with van der Waals surface area (Å²) >= 11 is 0. The van der Waals surface area contributed by atoms with Crippen LogP contribution in [0, 0.1) is 20.2 Å². The Labute approximate surface area is 298 Å². The lowest BCUT2D eigenvalue weighted by molar-refractivity contribution is -0.385. The molecule has 0 saturated carbocycles. The molecule has 4 rings (SSSR count). The van der Waals surface area contributed by atoms with Crippen LogP contribution in [0.1, 0.15) is 63.5 Å². The number of carbonyl (C=O) groups excluding carboxylic acids is 4. The van der Waals surface area contributed by atoms with Crippen molar-refractivity contribution in [2.75, 3.05) is 27.4 Å². The summed E-state index contributed by atoms with van der Waals surface area (Å²) in [6, 6.07) is 11.0. The SMILES string of the molecule is COC(=O)C1=C(C)NC(C)=C(C(=O)OCCCCOC(=O)C2=C(C)NC(C)=C(C(=O)OC)C2c2ccc([N+](=O)[O-])cc2)C1c1ccc([N+](=O)[O-])cc1. The molecule has 16 heteroatoms. The number of hydrogen-bond acceptors (Lipinski definition) is 14. The zero-order valence-electron chi connectivity index (χ0n) is 29.4. The third-order valence-corrected chi connectivity index (χ3v) is 8.65. The van der Waals surface area contributed by atoms with Crippen molar-refractivity contribution in [2.24, 2.45) is 0 Å². The molecule has 52 heavy (non-hydrogen) atoms. The fraction of sp³-hybridized carbons (Fsp3) is 0.333. The molecule has 2 aliphatic heterocycles. The van der Waals surface area contributed by atoms with E-state index in [1.807, 2.05) is 0 Å². The topological polar surface area (TPSA) is 216 Å². The van der Waals surface area contributed by atoms with Crippen LogP contribution in [0.3, 0.4) is 0 Å². The summed E-state index contributed by atoms with van der Waals surface area (Å²) in [5.74, 6) is -4.69. The molecule has 0 radical (unpaired) electrons. The second kappa shape index (κ2) is 16.6. The third kappa shape index (κ3) is 8.17. The van der Waals surface area contributed by atoms with E-state index >= 15 is 0 Å². The van der Waals surface area contributed by atoms with Gasteiger partial charge in [-0.25, -0.2) is 19.2 Å². The highest BCUT2D eigenvalue weighted by Crippen LogP contribution is 2.41. The Kier molecular flexibility index (Phi) is 12.3. The number of nitrogens with zero attached hydrogens (tertiary/aromatic N) is 2. The number of hydrogen-bond donors (Lipinski definition) is 2. The minimum atomic E-state index is -0.931. The number of unbranched alkanes of at least 4 members (excludes halogenated alkanes) is 1. The van der Waals surface area contributed by atoms with Gasteiger partial charge in [-0.1, -0.05) is 24.3 Å². The minimum Gasteiger partial charge on any atom is -0.466 e. The first kappa shape index (κ1) is 38.5. The maximum atomic E-state index is 13.5. The van der Waals surface area contributed by atoms with Gasteiger partial charge in [0.05, 0.1) is 71.4 Å². The van der Waals surface area contributed by atoms with E-state index in [9.17, 15) is 39.4 Å². The highest BCUT2D eigenvalue weighted by atomic mass is 16.6. The van der Waals surface area contributed by atoms with Gasteiger partial charge < -0.3 is 29.6 Å². The molecular formula is C36H38N4O12. The van der Waals surface area contributed by atoms with E-state index in [2.05, 4.69) is 10.6 Å². The molecule has 0 saturated heterocycles. The maximum Gasteiger partial charge on any atom is 0.336 e. The molecule has 2 atom stereocenters. The largest absolute Gasteiger partial charge is 0.466 e. The zero-order valence-corrected chi connectivity index (χ0v) is 29.4. The number of nitro benzene ring substituents is 2. The van der Waals surface area contributed by atoms with Gasteiger partial charge in [0.15, 0.2) is 0 Å². The molecule has 274 valence electrons. The van der Waals surface area contributed by atoms with Crippen LogP contribution in [0.5, 0.6) is 0 Å². The number of non-ortho nitro benzene ring substituents is 2. The van der Waals surface area contributed by atoms with Crippen LogP contribution in [0.4, 0.5) is 11.4 Å². The number of benzene rings is 2. The second-order valence-corrected chi connectivity index (χ2v) is 11.9. The first-order chi connectivity index (χ1) is 24.7. The number of esters is 4. The summed E-state index contributed by atoms with van der Waals surface area (Å²) in [4.78, 5) is 74.1. The molecule has 0 amide bonds. The third-order valence-electron chi connectivity index (χ3n) is 8.65. The van der Waals surface area contributed by atoms with Crippen LogP contribution in [-0.4, -0.2) is 61.2 Å². The maximum absolute atomic E-state index is 13.5. The molecule has 2 unspecified atom stereocenters. The van der Waals surface area contributed by atoms with Crippen LogP contribution in [0.2, 0.25) is 0 Å². The normalized spacial score (nSPS) is 17.2. The molecule has 2 aromatic carbocycles. The number of carbonyl (C=O) groups is 4. The number of dihydropyridines is 2. The van der Waals surface area contributed by atoms with Gasteiger partial charge in [-0.05, 0) is 51.7 Å². The predicted molar refractivity (Wildman–Crippen MR) is 184 cm³/mol. The van der Waals surface area contributed by atoms with Gasteiger partial charge in [0.1, 0.15) is 0 Å². The minimum absolute atomic E-state index is 0.0699. The van der Waals surface area contributed by atoms with Gasteiger partial charge >= 0.3 is 23.9 Å². The van der Waals surface area contributed by atoms with Crippen LogP contribution in [-0.2, 0) is 38.1 Å². The summed E-state index contributed by atoms with van der Waals surface area (Å²) < 4.78 is 21.1. The summed E-state index contributed by atoms with van der Waals surface area (Å²) in [5, 5.41) is 28.5. The van der Waals surface area contributed by atoms with Crippen molar-refractivity contribution >= 4 is 35.3 Å². The number of allylic oxidation sites excluding steroid dienone is 4. The Bertz CT molecular complexity index is 1780. The first-order valence-electron chi connectivity index (χ1n) is 16.1. The Hall–Kier alpha value is -6.32. The molecule has 0 bridgehead atoms. The van der Waals surface area contributed by atoms with Crippen molar-refractivity contribution in [1.82, 2.24) is 10.6 Å². The van der Waals surface area contributed by atoms with E-state index in [0.29, 0.717) is 33.9 Å². The second-order valence-electron chi connectivity index (χ2n) is 11.9. The number of nitrogens with one attached hydrogen (secondary N) is 2. The van der Waals surface area contributed by atoms with Crippen LogP contribution >= 0.6 is 0 Å². The van der Waals surface area contributed by atoms with Gasteiger partial charge in [-0.3, -0.25) is 20.2 Å². The Morgan fingerprint density at radius 2 is 0.846 bits per heavy atom. The fourth-order valence-electron chi connectivity index (χ4n) is 6.22. The van der Waals surface area contributed by atoms with Crippen LogP contribution < -0.4 is 10.6 Å². The average molecular weight is 719 g/mol. The van der Waals surface area contributed by atoms with Crippen molar-refractivity contribution < 1.29 is 48.0 Å². The highest BCUT2D eigenvalue weighted by Gasteiger charge is 2.39. The molecule has 2 aliphatic rings. The van der Waals surface area contributed by atoms with Crippen molar-refractivity contribution in [3.05, 3.63) is 125 Å². The van der Waals surface area contributed by atoms with Crippen molar-refractivity contribution in [3.8, 4) is 0 Å². The van der Waals surface area contributed by atoms with Crippen LogP contribution in [0.15, 0.2) is 93.6 Å². The monoisotopic (exact) mass is 718 g/mol. The van der Waals surface area contributed by atoms with E-state index in [1.54, 1.807) is 27.7 Å². The van der Waals surface area contributed by atoms with Crippen molar-refractivity contribution in [2.45, 2.75) is 52.4 Å². The molecular weight excluding hydrogens is 680 g/mol. The van der Waals surface area contributed by atoms with Gasteiger partial charge in [-0.15, -0.1) is 0 Å². The molecule has 0 spiro atoms. The smallest absolute Gasteiger partial charge is 0.336 e. The molecule has 0 aliphatic carbocycles. The lowest BCUT2D eigenvalue weighted by Crippen LogP contribution is -2.32. The number of ether oxygens (including phenoxy) is 4. The van der Waals surface area contributed by atoms with Gasteiger partial charge in [0, 0.05) is 47.1 Å². The number of methoxy groups -OCH3 is 2. The first-order valence-corrected chi connectivity index (χ1v) is 16.1. The van der Waals surface area contributed by atoms with E-state index < -0.39 is 45.6 Å². The quantitative estimate of drug-likeness (QED) is 0.0928. The number of nitro groups is 2. The van der Waals surface area contributed by atoms with Gasteiger partial charge in [0.25, 0.3) is 11.4 Å². The number of rotatable bonds is 13. The molecule has 0 aromatic heterocycles. The van der Waals surface area contributed by atoms with Crippen molar-refractivity contribution in [3.63, 3.8) is 0 Å². The average Bonchev–Trinajstić information content (AvgIpc) is 3.11. The summed E-state index contributed by atoms with van der Waals surface area (Å²) in [5.41, 5.74) is 2.86. The Morgan fingerprint density at radius 3 is 1.12 bits per heavy atom. The van der Waals surface area contributed by atoms with E-state index in [1.165, 1.54) is 62.8 Å². The van der Waals surface area contributed by atoms with E-state index in [4.69, 9.17) is 18.9 Å². The summed E-state index contributed by atoms with van der Waals surface area (Å²) in [6.45, 7) is 6.46. The van der Waals surface area contributed by atoms with Crippen molar-refractivity contribution in [1.29, 1.82) is 0 Å². The highest BCUT2D eigenvalue weighted by molar-refractivity contribution is 6.01. The Morgan fingerprint density at radius 1 is 0.558 bits per heavy atom. The van der Waals surface area contributed by atoms with Gasteiger partial charge in [-0.2, -0.15) is 0 Å². The lowest BCUT2D eigenvalue weighted by Gasteiger charge is -2.30. The summed E-state index contributed by atoms with van der Waals surface area (Å²) in [6.07, 6.45) is 0.572. The summed E-state index contributed by atoms with van der Waals surface area (Å²) in [7, 11) is 2.42. The fourth-order valence-corrected chi connectivity index (χ4v) is 6.22. The van der Waals surface area contributed by atoms with E-state index in [-0.39, 0.29) is 59.7 Å². The van der Waals surface area contributed by atoms with E-state index in [0.717, 1.165) is 0 Å². The molecule has 2 heterocycles. The van der Waals surface area contributed by atoms with Gasteiger partial charge in [0.2, 0.25) is 0 Å². The Balaban J connectivity index is 1.44. The lowest BCUT2D eigenvalue weighted by atomic mass is 9.80. The molecule has 16 nitrogen and oxygen atoms in total. The molecule has 2 N–H and O–H groups in total.